The number of nitrogens with zero attached hydrogens (tertiary/aromatic N) is 3. The van der Waals surface area contributed by atoms with Crippen molar-refractivity contribution in [1.29, 1.82) is 0 Å². The molecular weight excluding hydrogens is 226 g/mol. The molecular formula is C11H16ClN3O. The number of halogens is 1. The van der Waals surface area contributed by atoms with Gasteiger partial charge in [-0.1, -0.05) is 11.6 Å². The van der Waals surface area contributed by atoms with E-state index in [1.807, 2.05) is 6.92 Å². The monoisotopic (exact) mass is 241 g/mol. The van der Waals surface area contributed by atoms with E-state index in [4.69, 9.17) is 16.7 Å². The summed E-state index contributed by atoms with van der Waals surface area (Å²) in [5.74, 6) is 1.50. The van der Waals surface area contributed by atoms with Crippen molar-refractivity contribution in [3.05, 3.63) is 17.0 Å². The lowest BCUT2D eigenvalue weighted by Gasteiger charge is -2.19. The minimum Gasteiger partial charge on any atom is -0.396 e. The molecule has 0 radical (unpaired) electrons. The second kappa shape index (κ2) is 4.97. The summed E-state index contributed by atoms with van der Waals surface area (Å²) in [5.41, 5.74) is 0.939. The van der Waals surface area contributed by atoms with Gasteiger partial charge in [0, 0.05) is 25.3 Å². The van der Waals surface area contributed by atoms with Gasteiger partial charge in [-0.3, -0.25) is 0 Å². The van der Waals surface area contributed by atoms with Crippen molar-refractivity contribution in [3.8, 4) is 0 Å². The van der Waals surface area contributed by atoms with Gasteiger partial charge in [0.1, 0.15) is 17.3 Å². The van der Waals surface area contributed by atoms with Crippen LogP contribution in [-0.4, -0.2) is 34.8 Å². The zero-order valence-electron chi connectivity index (χ0n) is 9.36. The molecule has 4 nitrogen and oxygen atoms in total. The quantitative estimate of drug-likeness (QED) is 0.818. The van der Waals surface area contributed by atoms with Crippen molar-refractivity contribution in [3.63, 3.8) is 0 Å². The maximum atomic E-state index is 8.92. The molecule has 2 heterocycles. The van der Waals surface area contributed by atoms with Gasteiger partial charge in [-0.25, -0.2) is 9.97 Å². The van der Waals surface area contributed by atoms with E-state index in [0.717, 1.165) is 37.3 Å². The van der Waals surface area contributed by atoms with Crippen LogP contribution in [0.25, 0.3) is 0 Å². The molecule has 1 aliphatic heterocycles. The van der Waals surface area contributed by atoms with Gasteiger partial charge >= 0.3 is 0 Å². The lowest BCUT2D eigenvalue weighted by atomic mass is 10.1. The third-order valence-corrected chi connectivity index (χ3v) is 3.50. The summed E-state index contributed by atoms with van der Waals surface area (Å²) in [7, 11) is 0. The molecule has 0 bridgehead atoms. The maximum Gasteiger partial charge on any atom is 0.137 e. The highest BCUT2D eigenvalue weighted by Gasteiger charge is 2.24. The van der Waals surface area contributed by atoms with Crippen molar-refractivity contribution >= 4 is 17.4 Å². The number of hydrogen-bond acceptors (Lipinski definition) is 4. The first-order valence-corrected chi connectivity index (χ1v) is 5.93. The predicted octanol–water partition coefficient (Wildman–Crippen LogP) is 1.65. The molecule has 0 amide bonds. The zero-order chi connectivity index (χ0) is 11.5. The fraction of sp³-hybridized carbons (Fsp3) is 0.636. The van der Waals surface area contributed by atoms with E-state index in [0.29, 0.717) is 11.1 Å². The minimum absolute atomic E-state index is 0.266. The summed E-state index contributed by atoms with van der Waals surface area (Å²) in [4.78, 5) is 10.5. The van der Waals surface area contributed by atoms with Gasteiger partial charge in [-0.15, -0.1) is 0 Å². The molecule has 88 valence electrons. The molecule has 0 spiro atoms. The van der Waals surface area contributed by atoms with Crippen molar-refractivity contribution in [2.45, 2.75) is 19.8 Å². The first kappa shape index (κ1) is 11.6. The van der Waals surface area contributed by atoms with Gasteiger partial charge in [-0.2, -0.15) is 0 Å². The maximum absolute atomic E-state index is 8.92. The first-order valence-electron chi connectivity index (χ1n) is 5.55. The number of hydrogen-bond donors (Lipinski definition) is 1. The largest absolute Gasteiger partial charge is 0.396 e. The fourth-order valence-electron chi connectivity index (χ4n) is 2.18. The highest BCUT2D eigenvalue weighted by atomic mass is 35.5. The van der Waals surface area contributed by atoms with Crippen LogP contribution in [0.5, 0.6) is 0 Å². The Labute approximate surface area is 100 Å². The molecule has 16 heavy (non-hydrogen) atoms. The Balaban J connectivity index is 2.11. The lowest BCUT2D eigenvalue weighted by Crippen LogP contribution is -2.22. The summed E-state index contributed by atoms with van der Waals surface area (Å²) >= 11 is 5.97. The Morgan fingerprint density at radius 3 is 3.12 bits per heavy atom. The number of rotatable bonds is 3. The van der Waals surface area contributed by atoms with Crippen LogP contribution in [0.2, 0.25) is 5.15 Å². The molecule has 1 N–H and O–H groups in total. The zero-order valence-corrected chi connectivity index (χ0v) is 10.1. The smallest absolute Gasteiger partial charge is 0.137 e. The predicted molar refractivity (Wildman–Crippen MR) is 63.8 cm³/mol. The Bertz CT molecular complexity index is 372. The van der Waals surface area contributed by atoms with Crippen LogP contribution < -0.4 is 4.90 Å². The highest BCUT2D eigenvalue weighted by molar-refractivity contribution is 6.30. The van der Waals surface area contributed by atoms with Gasteiger partial charge in [0.15, 0.2) is 0 Å². The van der Waals surface area contributed by atoms with Crippen LogP contribution in [0, 0.1) is 12.8 Å². The van der Waals surface area contributed by atoms with Crippen molar-refractivity contribution < 1.29 is 5.11 Å². The molecule has 1 fully saturated rings. The van der Waals surface area contributed by atoms with E-state index >= 15 is 0 Å². The normalized spacial score (nSPS) is 20.4. The third kappa shape index (κ3) is 2.28. The second-order valence-electron chi connectivity index (χ2n) is 4.23. The molecule has 5 heteroatoms. The topological polar surface area (TPSA) is 49.2 Å². The average molecular weight is 242 g/mol. The van der Waals surface area contributed by atoms with Gasteiger partial charge in [0.2, 0.25) is 0 Å². The van der Waals surface area contributed by atoms with Crippen LogP contribution in [0.15, 0.2) is 6.33 Å². The fourth-order valence-corrected chi connectivity index (χ4v) is 2.31. The Kier molecular flexibility index (Phi) is 3.61. The summed E-state index contributed by atoms with van der Waals surface area (Å²) in [6, 6.07) is 0. The lowest BCUT2D eigenvalue weighted by molar-refractivity contribution is 0.263. The van der Waals surface area contributed by atoms with Crippen molar-refractivity contribution in [1.82, 2.24) is 9.97 Å². The third-order valence-electron chi connectivity index (χ3n) is 3.12. The summed E-state index contributed by atoms with van der Waals surface area (Å²) in [6.45, 7) is 4.15. The average Bonchev–Trinajstić information content (AvgIpc) is 2.71. The molecule has 1 aromatic heterocycles. The van der Waals surface area contributed by atoms with E-state index in [-0.39, 0.29) is 6.61 Å². The molecule has 1 saturated heterocycles. The summed E-state index contributed by atoms with van der Waals surface area (Å²) in [5, 5.41) is 9.44. The van der Waals surface area contributed by atoms with Crippen molar-refractivity contribution in [2.24, 2.45) is 5.92 Å². The molecule has 0 aliphatic carbocycles. The molecule has 1 aliphatic rings. The minimum atomic E-state index is 0.266. The molecule has 1 aromatic rings. The van der Waals surface area contributed by atoms with Crippen LogP contribution in [0.3, 0.4) is 0 Å². The van der Waals surface area contributed by atoms with E-state index in [1.54, 1.807) is 0 Å². The molecule has 0 saturated carbocycles. The van der Waals surface area contributed by atoms with Gasteiger partial charge in [-0.05, 0) is 25.7 Å². The SMILES string of the molecule is Cc1c(Cl)ncnc1N1CCC(CCO)C1. The molecule has 1 atom stereocenters. The van der Waals surface area contributed by atoms with Crippen LogP contribution >= 0.6 is 11.6 Å². The van der Waals surface area contributed by atoms with E-state index < -0.39 is 0 Å². The summed E-state index contributed by atoms with van der Waals surface area (Å²) in [6.07, 6.45) is 3.49. The van der Waals surface area contributed by atoms with Crippen LogP contribution in [0.1, 0.15) is 18.4 Å². The van der Waals surface area contributed by atoms with E-state index in [9.17, 15) is 0 Å². The van der Waals surface area contributed by atoms with Gasteiger partial charge in [0.25, 0.3) is 0 Å². The number of aliphatic hydroxyl groups is 1. The van der Waals surface area contributed by atoms with Crippen LogP contribution in [-0.2, 0) is 0 Å². The number of aromatic nitrogens is 2. The number of anilines is 1. The second-order valence-corrected chi connectivity index (χ2v) is 4.58. The Hall–Kier alpha value is -0.870. The molecule has 0 aromatic carbocycles. The van der Waals surface area contributed by atoms with Crippen LogP contribution in [0.4, 0.5) is 5.82 Å². The molecule has 1 unspecified atom stereocenters. The summed E-state index contributed by atoms with van der Waals surface area (Å²) < 4.78 is 0. The highest BCUT2D eigenvalue weighted by Crippen LogP contribution is 2.28. The van der Waals surface area contributed by atoms with E-state index in [1.165, 1.54) is 6.33 Å². The van der Waals surface area contributed by atoms with E-state index in [2.05, 4.69) is 14.9 Å². The van der Waals surface area contributed by atoms with Crippen molar-refractivity contribution in [2.75, 3.05) is 24.6 Å². The van der Waals surface area contributed by atoms with Gasteiger partial charge < -0.3 is 10.0 Å². The number of aliphatic hydroxyl groups excluding tert-OH is 1. The Morgan fingerprint density at radius 1 is 1.56 bits per heavy atom. The molecule has 2 rings (SSSR count). The first-order chi connectivity index (χ1) is 7.72. The Morgan fingerprint density at radius 2 is 2.38 bits per heavy atom. The standard InChI is InChI=1S/C11H16ClN3O/c1-8-10(12)13-7-14-11(8)15-4-2-9(6-15)3-5-16/h7,9,16H,2-6H2,1H3. The van der Waals surface area contributed by atoms with Gasteiger partial charge in [0.05, 0.1) is 0 Å².